The van der Waals surface area contributed by atoms with E-state index in [1.54, 1.807) is 7.11 Å². The second-order valence-electron chi connectivity index (χ2n) is 5.96. The van der Waals surface area contributed by atoms with Gasteiger partial charge in [-0.05, 0) is 62.6 Å². The second-order valence-corrected chi connectivity index (χ2v) is 5.96. The zero-order valence-electron chi connectivity index (χ0n) is 14.4. The van der Waals surface area contributed by atoms with Crippen LogP contribution in [0.1, 0.15) is 29.2 Å². The van der Waals surface area contributed by atoms with Gasteiger partial charge in [0.15, 0.2) is 11.3 Å². The quantitative estimate of drug-likeness (QED) is 0.586. The van der Waals surface area contributed by atoms with Crippen molar-refractivity contribution < 1.29 is 9.15 Å². The minimum Gasteiger partial charge on any atom is -0.493 e. The van der Waals surface area contributed by atoms with Gasteiger partial charge in [0.1, 0.15) is 5.76 Å². The molecule has 0 aliphatic heterocycles. The topological polar surface area (TPSA) is 22.4 Å². The molecule has 0 spiro atoms. The molecule has 0 radical (unpaired) electrons. The summed E-state index contributed by atoms with van der Waals surface area (Å²) in [5, 5.41) is 1.10. The number of furan rings is 1. The third-order valence-corrected chi connectivity index (χ3v) is 4.37. The first-order valence-electron chi connectivity index (χ1n) is 7.86. The second kappa shape index (κ2) is 5.96. The largest absolute Gasteiger partial charge is 0.493 e. The van der Waals surface area contributed by atoms with E-state index < -0.39 is 0 Å². The van der Waals surface area contributed by atoms with Gasteiger partial charge in [0, 0.05) is 16.5 Å². The minimum atomic E-state index is 0.772. The van der Waals surface area contributed by atoms with Crippen molar-refractivity contribution in [1.82, 2.24) is 0 Å². The average molecular weight is 306 g/mol. The molecule has 0 saturated heterocycles. The molecule has 2 heteroatoms. The Morgan fingerprint density at radius 3 is 2.43 bits per heavy atom. The van der Waals surface area contributed by atoms with E-state index in [0.717, 1.165) is 39.2 Å². The minimum absolute atomic E-state index is 0.772. The molecule has 3 rings (SSSR count). The highest BCUT2D eigenvalue weighted by molar-refractivity contribution is 5.93. The highest BCUT2D eigenvalue weighted by Crippen LogP contribution is 2.39. The number of ether oxygens (including phenoxy) is 1. The molecule has 1 aromatic heterocycles. The first kappa shape index (κ1) is 15.4. The molecule has 23 heavy (non-hydrogen) atoms. The highest BCUT2D eigenvalue weighted by atomic mass is 16.5. The Bertz CT molecular complexity index is 898. The van der Waals surface area contributed by atoms with Gasteiger partial charge in [-0.1, -0.05) is 24.3 Å². The summed E-state index contributed by atoms with van der Waals surface area (Å²) in [5.74, 6) is 1.69. The standard InChI is InChI=1S/C21H22O2/c1-6-7-16-11-18-15(4)20(23-21(18)19(12-16)22-5)17-9-8-13(2)14(3)10-17/h6-12H,1-5H3/b7-6+. The number of rotatable bonds is 3. The molecule has 0 atom stereocenters. The number of hydrogen-bond donors (Lipinski definition) is 0. The van der Waals surface area contributed by atoms with E-state index in [2.05, 4.69) is 51.1 Å². The third-order valence-electron chi connectivity index (χ3n) is 4.37. The lowest BCUT2D eigenvalue weighted by Gasteiger charge is -2.03. The molecule has 0 aliphatic rings. The van der Waals surface area contributed by atoms with E-state index in [1.165, 1.54) is 11.1 Å². The summed E-state index contributed by atoms with van der Waals surface area (Å²) in [6, 6.07) is 10.6. The Labute approximate surface area is 137 Å². The predicted octanol–water partition coefficient (Wildman–Crippen LogP) is 6.07. The molecule has 0 N–H and O–H groups in total. The van der Waals surface area contributed by atoms with Crippen molar-refractivity contribution in [2.45, 2.75) is 27.7 Å². The van der Waals surface area contributed by atoms with Gasteiger partial charge in [0.05, 0.1) is 7.11 Å². The van der Waals surface area contributed by atoms with Crippen LogP contribution in [-0.2, 0) is 0 Å². The van der Waals surface area contributed by atoms with E-state index in [0.29, 0.717) is 0 Å². The summed E-state index contributed by atoms with van der Waals surface area (Å²) in [7, 11) is 1.68. The number of hydrogen-bond acceptors (Lipinski definition) is 2. The van der Waals surface area contributed by atoms with Crippen LogP contribution in [0, 0.1) is 20.8 Å². The summed E-state index contributed by atoms with van der Waals surface area (Å²) < 4.78 is 11.7. The molecular formula is C21H22O2. The molecule has 3 aromatic rings. The molecule has 0 unspecified atom stereocenters. The van der Waals surface area contributed by atoms with Crippen LogP contribution in [0.5, 0.6) is 5.75 Å². The van der Waals surface area contributed by atoms with Gasteiger partial charge in [-0.15, -0.1) is 0 Å². The molecule has 0 saturated carbocycles. The van der Waals surface area contributed by atoms with Crippen LogP contribution in [0.2, 0.25) is 0 Å². The van der Waals surface area contributed by atoms with Crippen LogP contribution in [-0.4, -0.2) is 7.11 Å². The number of benzene rings is 2. The summed E-state index contributed by atoms with van der Waals surface area (Å²) in [6.07, 6.45) is 4.10. The number of aryl methyl sites for hydroxylation is 3. The zero-order chi connectivity index (χ0) is 16.6. The summed E-state index contributed by atoms with van der Waals surface area (Å²) in [4.78, 5) is 0. The summed E-state index contributed by atoms with van der Waals surface area (Å²) in [5.41, 5.74) is 6.74. The fourth-order valence-corrected chi connectivity index (χ4v) is 2.91. The lowest BCUT2D eigenvalue weighted by molar-refractivity contribution is 0.411. The Hall–Kier alpha value is -2.48. The molecule has 118 valence electrons. The Balaban J connectivity index is 2.27. The van der Waals surface area contributed by atoms with Crippen LogP contribution >= 0.6 is 0 Å². The van der Waals surface area contributed by atoms with Gasteiger partial charge in [-0.3, -0.25) is 0 Å². The molecule has 1 heterocycles. The maximum atomic E-state index is 6.19. The fraction of sp³-hybridized carbons (Fsp3) is 0.238. The van der Waals surface area contributed by atoms with Crippen molar-refractivity contribution in [3.63, 3.8) is 0 Å². The molecule has 0 amide bonds. The van der Waals surface area contributed by atoms with Crippen molar-refractivity contribution >= 4 is 17.0 Å². The lowest BCUT2D eigenvalue weighted by Crippen LogP contribution is -1.85. The molecule has 0 bridgehead atoms. The molecule has 0 aliphatic carbocycles. The Morgan fingerprint density at radius 1 is 1.00 bits per heavy atom. The Morgan fingerprint density at radius 2 is 1.78 bits per heavy atom. The Kier molecular flexibility index (Phi) is 3.99. The SMILES string of the molecule is C/C=C/c1cc(OC)c2oc(-c3ccc(C)c(C)c3)c(C)c2c1. The highest BCUT2D eigenvalue weighted by Gasteiger charge is 2.17. The molecule has 2 aromatic carbocycles. The first-order chi connectivity index (χ1) is 11.0. The van der Waals surface area contributed by atoms with E-state index in [4.69, 9.17) is 9.15 Å². The van der Waals surface area contributed by atoms with Crippen LogP contribution in [0.4, 0.5) is 0 Å². The first-order valence-corrected chi connectivity index (χ1v) is 7.86. The zero-order valence-corrected chi connectivity index (χ0v) is 14.4. The normalized spacial score (nSPS) is 11.5. The van der Waals surface area contributed by atoms with Crippen LogP contribution in [0.25, 0.3) is 28.4 Å². The number of methoxy groups -OCH3 is 1. The fourth-order valence-electron chi connectivity index (χ4n) is 2.91. The monoisotopic (exact) mass is 306 g/mol. The van der Waals surface area contributed by atoms with Crippen molar-refractivity contribution in [2.24, 2.45) is 0 Å². The maximum absolute atomic E-state index is 6.19. The molecule has 2 nitrogen and oxygen atoms in total. The van der Waals surface area contributed by atoms with Crippen LogP contribution in [0.3, 0.4) is 0 Å². The maximum Gasteiger partial charge on any atom is 0.176 e. The molecule has 0 fully saturated rings. The van der Waals surface area contributed by atoms with Crippen molar-refractivity contribution in [3.05, 3.63) is 58.7 Å². The smallest absolute Gasteiger partial charge is 0.176 e. The van der Waals surface area contributed by atoms with E-state index >= 15 is 0 Å². The third kappa shape index (κ3) is 2.65. The molecular weight excluding hydrogens is 284 g/mol. The van der Waals surface area contributed by atoms with Crippen LogP contribution < -0.4 is 4.74 Å². The summed E-state index contributed by atoms with van der Waals surface area (Å²) >= 11 is 0. The van der Waals surface area contributed by atoms with Crippen molar-refractivity contribution in [3.8, 4) is 17.1 Å². The van der Waals surface area contributed by atoms with Crippen molar-refractivity contribution in [1.29, 1.82) is 0 Å². The van der Waals surface area contributed by atoms with Gasteiger partial charge in [0.2, 0.25) is 0 Å². The van der Waals surface area contributed by atoms with E-state index in [1.807, 2.05) is 19.1 Å². The van der Waals surface area contributed by atoms with E-state index in [9.17, 15) is 0 Å². The van der Waals surface area contributed by atoms with Crippen LogP contribution in [0.15, 0.2) is 40.8 Å². The lowest BCUT2D eigenvalue weighted by atomic mass is 10.0. The van der Waals surface area contributed by atoms with Crippen molar-refractivity contribution in [2.75, 3.05) is 7.11 Å². The van der Waals surface area contributed by atoms with Gasteiger partial charge < -0.3 is 9.15 Å². The predicted molar refractivity (Wildman–Crippen MR) is 97.1 cm³/mol. The van der Waals surface area contributed by atoms with Gasteiger partial charge in [-0.25, -0.2) is 0 Å². The van der Waals surface area contributed by atoms with E-state index in [-0.39, 0.29) is 0 Å². The average Bonchev–Trinajstić information content (AvgIpc) is 2.87. The van der Waals surface area contributed by atoms with Gasteiger partial charge in [-0.2, -0.15) is 0 Å². The van der Waals surface area contributed by atoms with Gasteiger partial charge in [0.25, 0.3) is 0 Å². The number of fused-ring (bicyclic) bond motifs is 1. The van der Waals surface area contributed by atoms with Gasteiger partial charge >= 0.3 is 0 Å². The number of allylic oxidation sites excluding steroid dienone is 1. The summed E-state index contributed by atoms with van der Waals surface area (Å²) in [6.45, 7) is 8.37.